The highest BCUT2D eigenvalue weighted by atomic mass is 19.2. The van der Waals surface area contributed by atoms with Crippen LogP contribution in [0.2, 0.25) is 0 Å². The van der Waals surface area contributed by atoms with Gasteiger partial charge in [-0.25, -0.2) is 18.2 Å². The van der Waals surface area contributed by atoms with Crippen molar-refractivity contribution in [3.05, 3.63) is 35.3 Å². The monoisotopic (exact) mass is 282 g/mol. The summed E-state index contributed by atoms with van der Waals surface area (Å²) in [5, 5.41) is 2.80. The zero-order chi connectivity index (χ0) is 15.1. The van der Waals surface area contributed by atoms with Crippen LogP contribution in [-0.4, -0.2) is 11.5 Å². The molecule has 0 fully saturated rings. The molecule has 108 valence electrons. The van der Waals surface area contributed by atoms with E-state index in [1.807, 2.05) is 27.7 Å². The molecule has 0 saturated heterocycles. The summed E-state index contributed by atoms with van der Waals surface area (Å²) in [5.41, 5.74) is 0.506. The molecule has 2 rings (SSSR count). The molecule has 0 bridgehead atoms. The average Bonchev–Trinajstić information content (AvgIpc) is 2.34. The van der Waals surface area contributed by atoms with Crippen LogP contribution in [0.3, 0.4) is 0 Å². The van der Waals surface area contributed by atoms with Crippen molar-refractivity contribution in [2.75, 3.05) is 11.9 Å². The van der Waals surface area contributed by atoms with Crippen molar-refractivity contribution >= 4 is 16.6 Å². The highest BCUT2D eigenvalue weighted by Gasteiger charge is 2.22. The second-order valence-electron chi connectivity index (χ2n) is 5.71. The first kappa shape index (κ1) is 14.6. The molecular weight excluding hydrogens is 265 g/mol. The van der Waals surface area contributed by atoms with Gasteiger partial charge in [0.15, 0.2) is 17.5 Å². The van der Waals surface area contributed by atoms with Gasteiger partial charge in [-0.3, -0.25) is 0 Å². The number of anilines is 1. The normalized spacial score (nSPS) is 11.9. The Morgan fingerprint density at radius 2 is 1.75 bits per heavy atom. The molecule has 0 saturated carbocycles. The number of nitrogens with one attached hydrogen (secondary N) is 1. The number of nitrogens with zero attached hydrogens (tertiary/aromatic N) is 1. The Balaban J connectivity index is 2.89. The Labute approximate surface area is 116 Å². The Morgan fingerprint density at radius 1 is 1.10 bits per heavy atom. The maximum atomic E-state index is 14.0. The van der Waals surface area contributed by atoms with Crippen molar-refractivity contribution in [2.45, 2.75) is 33.1 Å². The Bertz CT molecular complexity index is 660. The number of fused-ring (bicyclic) bond motifs is 1. The van der Waals surface area contributed by atoms with Gasteiger partial charge in [0.2, 0.25) is 0 Å². The van der Waals surface area contributed by atoms with Crippen LogP contribution in [0.15, 0.2) is 12.1 Å². The zero-order valence-corrected chi connectivity index (χ0v) is 11.9. The third kappa shape index (κ3) is 2.44. The molecule has 0 aliphatic carbocycles. The topological polar surface area (TPSA) is 24.9 Å². The minimum atomic E-state index is -1.21. The van der Waals surface area contributed by atoms with Gasteiger partial charge in [-0.1, -0.05) is 20.8 Å². The van der Waals surface area contributed by atoms with E-state index in [0.717, 1.165) is 0 Å². The van der Waals surface area contributed by atoms with E-state index >= 15 is 0 Å². The van der Waals surface area contributed by atoms with E-state index in [-0.39, 0.29) is 16.3 Å². The number of benzene rings is 1. The first-order valence-corrected chi connectivity index (χ1v) is 6.48. The second-order valence-corrected chi connectivity index (χ2v) is 5.71. The second kappa shape index (κ2) is 4.96. The smallest absolute Gasteiger partial charge is 0.170 e. The molecule has 0 aliphatic rings. The molecule has 2 aromatic rings. The first-order chi connectivity index (χ1) is 9.25. The molecule has 0 radical (unpaired) electrons. The molecule has 0 spiro atoms. The van der Waals surface area contributed by atoms with Gasteiger partial charge in [0.1, 0.15) is 5.52 Å². The summed E-state index contributed by atoms with van der Waals surface area (Å²) < 4.78 is 41.3. The fourth-order valence-corrected chi connectivity index (χ4v) is 2.02. The summed E-state index contributed by atoms with van der Waals surface area (Å²) in [6.45, 7) is 8.12. The summed E-state index contributed by atoms with van der Waals surface area (Å²) in [5.74, 6) is -3.14. The van der Waals surface area contributed by atoms with Crippen LogP contribution < -0.4 is 5.32 Å². The number of halogens is 3. The third-order valence-corrected chi connectivity index (χ3v) is 3.06. The minimum absolute atomic E-state index is 0.141. The van der Waals surface area contributed by atoms with Crippen LogP contribution in [-0.2, 0) is 5.41 Å². The lowest BCUT2D eigenvalue weighted by Crippen LogP contribution is -2.15. The predicted octanol–water partition coefficient (Wildman–Crippen LogP) is 4.38. The predicted molar refractivity (Wildman–Crippen MR) is 74.5 cm³/mol. The maximum absolute atomic E-state index is 14.0. The molecule has 0 unspecified atom stereocenters. The molecule has 0 aliphatic heterocycles. The fourth-order valence-electron chi connectivity index (χ4n) is 2.02. The molecule has 1 heterocycles. The molecule has 5 heteroatoms. The average molecular weight is 282 g/mol. The van der Waals surface area contributed by atoms with Crippen LogP contribution in [0.25, 0.3) is 10.9 Å². The van der Waals surface area contributed by atoms with E-state index in [2.05, 4.69) is 10.3 Å². The minimum Gasteiger partial charge on any atom is -0.385 e. The molecule has 20 heavy (non-hydrogen) atoms. The van der Waals surface area contributed by atoms with E-state index in [4.69, 9.17) is 0 Å². The summed E-state index contributed by atoms with van der Waals surface area (Å²) >= 11 is 0. The number of rotatable bonds is 2. The van der Waals surface area contributed by atoms with Gasteiger partial charge in [0.25, 0.3) is 0 Å². The fraction of sp³-hybridized carbons (Fsp3) is 0.400. The van der Waals surface area contributed by atoms with Crippen LogP contribution in [0.5, 0.6) is 0 Å². The lowest BCUT2D eigenvalue weighted by molar-refractivity contribution is 0.504. The van der Waals surface area contributed by atoms with Crippen LogP contribution in [0, 0.1) is 17.5 Å². The molecule has 1 aromatic carbocycles. The Hall–Kier alpha value is -1.78. The van der Waals surface area contributed by atoms with Gasteiger partial charge in [-0.05, 0) is 13.0 Å². The zero-order valence-electron chi connectivity index (χ0n) is 11.9. The van der Waals surface area contributed by atoms with Crippen molar-refractivity contribution in [1.29, 1.82) is 0 Å². The van der Waals surface area contributed by atoms with Gasteiger partial charge in [0, 0.05) is 29.4 Å². The summed E-state index contributed by atoms with van der Waals surface area (Å²) in [6, 6.07) is 2.18. The standard InChI is InChI=1S/C15H17F3N2/c1-5-19-10-7-11(15(2,3)4)20-14-9(17)6-8(16)13(18)12(10)14/h6-7H,5H2,1-4H3,(H,19,20). The van der Waals surface area contributed by atoms with Gasteiger partial charge >= 0.3 is 0 Å². The SMILES string of the molecule is CCNc1cc(C(C)(C)C)nc2c(F)cc(F)c(F)c12. The van der Waals surface area contributed by atoms with E-state index in [1.165, 1.54) is 0 Å². The van der Waals surface area contributed by atoms with Crippen molar-refractivity contribution in [3.63, 3.8) is 0 Å². The summed E-state index contributed by atoms with van der Waals surface area (Å²) in [7, 11) is 0. The van der Waals surface area contributed by atoms with Crippen molar-refractivity contribution in [1.82, 2.24) is 4.98 Å². The van der Waals surface area contributed by atoms with Gasteiger partial charge in [-0.2, -0.15) is 0 Å². The van der Waals surface area contributed by atoms with E-state index in [0.29, 0.717) is 24.0 Å². The van der Waals surface area contributed by atoms with Crippen molar-refractivity contribution in [2.24, 2.45) is 0 Å². The van der Waals surface area contributed by atoms with E-state index in [9.17, 15) is 13.2 Å². The van der Waals surface area contributed by atoms with E-state index in [1.54, 1.807) is 6.07 Å². The third-order valence-electron chi connectivity index (χ3n) is 3.06. The Morgan fingerprint density at radius 3 is 2.30 bits per heavy atom. The highest BCUT2D eigenvalue weighted by molar-refractivity contribution is 5.92. The van der Waals surface area contributed by atoms with Gasteiger partial charge < -0.3 is 5.32 Å². The largest absolute Gasteiger partial charge is 0.385 e. The Kier molecular flexibility index (Phi) is 3.63. The first-order valence-electron chi connectivity index (χ1n) is 6.48. The van der Waals surface area contributed by atoms with E-state index < -0.39 is 17.5 Å². The molecule has 1 N–H and O–H groups in total. The molecule has 2 nitrogen and oxygen atoms in total. The molecular formula is C15H17F3N2. The van der Waals surface area contributed by atoms with Crippen molar-refractivity contribution < 1.29 is 13.2 Å². The molecule has 0 atom stereocenters. The van der Waals surface area contributed by atoms with Gasteiger partial charge in [0.05, 0.1) is 5.39 Å². The number of aromatic nitrogens is 1. The lowest BCUT2D eigenvalue weighted by Gasteiger charge is -2.20. The lowest BCUT2D eigenvalue weighted by atomic mass is 9.90. The molecule has 1 aromatic heterocycles. The highest BCUT2D eigenvalue weighted by Crippen LogP contribution is 2.33. The van der Waals surface area contributed by atoms with Crippen LogP contribution in [0.1, 0.15) is 33.4 Å². The number of pyridine rings is 1. The quantitative estimate of drug-likeness (QED) is 0.827. The molecule has 0 amide bonds. The summed E-state index contributed by atoms with van der Waals surface area (Å²) in [6.07, 6.45) is 0. The number of hydrogen-bond donors (Lipinski definition) is 1. The summed E-state index contributed by atoms with van der Waals surface area (Å²) in [4.78, 5) is 4.17. The number of hydrogen-bond acceptors (Lipinski definition) is 2. The van der Waals surface area contributed by atoms with Crippen molar-refractivity contribution in [3.8, 4) is 0 Å². The van der Waals surface area contributed by atoms with Crippen LogP contribution in [0.4, 0.5) is 18.9 Å². The van der Waals surface area contributed by atoms with Gasteiger partial charge in [-0.15, -0.1) is 0 Å². The maximum Gasteiger partial charge on any atom is 0.170 e. The van der Waals surface area contributed by atoms with Crippen LogP contribution >= 0.6 is 0 Å².